The first-order chi connectivity index (χ1) is 15.0. The molecule has 0 saturated carbocycles. The quantitative estimate of drug-likeness (QED) is 0.532. The lowest BCUT2D eigenvalue weighted by atomic mass is 10.1. The largest absolute Gasteiger partial charge is 0.491 e. The summed E-state index contributed by atoms with van der Waals surface area (Å²) in [6.07, 6.45) is -1.75. The lowest BCUT2D eigenvalue weighted by Gasteiger charge is -2.12. The zero-order valence-corrected chi connectivity index (χ0v) is 18.4. The van der Waals surface area contributed by atoms with Crippen LogP contribution in [0.3, 0.4) is 0 Å². The summed E-state index contributed by atoms with van der Waals surface area (Å²) < 4.78 is 47.6. The molecule has 10 heteroatoms. The first kappa shape index (κ1) is 25.1. The monoisotopic (exact) mass is 470 g/mol. The van der Waals surface area contributed by atoms with Crippen LogP contribution in [0.4, 0.5) is 18.9 Å². The second-order valence-electron chi connectivity index (χ2n) is 6.62. The predicted molar refractivity (Wildman–Crippen MR) is 116 cm³/mol. The van der Waals surface area contributed by atoms with Crippen molar-refractivity contribution in [3.05, 3.63) is 58.1 Å². The molecule has 0 aliphatic carbocycles. The predicted octanol–water partition coefficient (Wildman–Crippen LogP) is 5.00. The van der Waals surface area contributed by atoms with Gasteiger partial charge in [-0.1, -0.05) is 17.7 Å². The smallest absolute Gasteiger partial charge is 0.405 e. The molecule has 0 heterocycles. The van der Waals surface area contributed by atoms with Crippen molar-refractivity contribution in [1.29, 1.82) is 0 Å². The summed E-state index contributed by atoms with van der Waals surface area (Å²) in [5, 5.41) is 4.71. The minimum Gasteiger partial charge on any atom is -0.491 e. The van der Waals surface area contributed by atoms with Gasteiger partial charge in [0.15, 0.2) is 11.5 Å². The number of alkyl halides is 3. The zero-order valence-electron chi connectivity index (χ0n) is 17.6. The van der Waals surface area contributed by atoms with Crippen LogP contribution in [0, 0.1) is 6.92 Å². The number of amides is 2. The molecule has 0 fully saturated rings. The fraction of sp³-hybridized carbons (Fsp3) is 0.273. The first-order valence-electron chi connectivity index (χ1n) is 9.49. The van der Waals surface area contributed by atoms with Gasteiger partial charge in [-0.3, -0.25) is 9.59 Å². The molecule has 0 aliphatic heterocycles. The number of halogens is 4. The molecular weight excluding hydrogens is 449 g/mol. The third-order valence-electron chi connectivity index (χ3n) is 4.17. The lowest BCUT2D eigenvalue weighted by Crippen LogP contribution is -2.33. The summed E-state index contributed by atoms with van der Waals surface area (Å²) in [5.41, 5.74) is 1.50. The highest BCUT2D eigenvalue weighted by molar-refractivity contribution is 6.32. The summed E-state index contributed by atoms with van der Waals surface area (Å²) in [6.45, 7) is 2.45. The van der Waals surface area contributed by atoms with E-state index in [4.69, 9.17) is 21.1 Å². The Kier molecular flexibility index (Phi) is 8.54. The van der Waals surface area contributed by atoms with E-state index in [9.17, 15) is 22.8 Å². The van der Waals surface area contributed by atoms with Crippen LogP contribution >= 0.6 is 11.6 Å². The van der Waals surface area contributed by atoms with Crippen LogP contribution in [0.15, 0.2) is 36.4 Å². The Hall–Kier alpha value is -3.20. The Morgan fingerprint density at radius 3 is 2.53 bits per heavy atom. The van der Waals surface area contributed by atoms with Gasteiger partial charge in [-0.2, -0.15) is 13.2 Å². The van der Waals surface area contributed by atoms with E-state index in [1.165, 1.54) is 37.5 Å². The molecule has 2 aromatic carbocycles. The number of hydrogen-bond acceptors (Lipinski definition) is 4. The van der Waals surface area contributed by atoms with Gasteiger partial charge in [0.2, 0.25) is 5.91 Å². The number of nitrogens with one attached hydrogen (secondary N) is 2. The van der Waals surface area contributed by atoms with Crippen LogP contribution in [0.5, 0.6) is 11.5 Å². The van der Waals surface area contributed by atoms with Gasteiger partial charge in [0.25, 0.3) is 5.91 Å². The zero-order chi connectivity index (χ0) is 23.9. The second-order valence-corrected chi connectivity index (χ2v) is 7.02. The number of anilines is 1. The Bertz CT molecular complexity index is 1020. The van der Waals surface area contributed by atoms with Gasteiger partial charge in [-0.25, -0.2) is 0 Å². The van der Waals surface area contributed by atoms with Gasteiger partial charge < -0.3 is 20.1 Å². The molecule has 0 aromatic heterocycles. The molecular formula is C22H22ClF3N2O4. The highest BCUT2D eigenvalue weighted by Crippen LogP contribution is 2.36. The maximum absolute atomic E-state index is 12.4. The Morgan fingerprint density at radius 1 is 1.19 bits per heavy atom. The van der Waals surface area contributed by atoms with Crippen molar-refractivity contribution in [2.75, 3.05) is 25.6 Å². The fourth-order valence-corrected chi connectivity index (χ4v) is 2.97. The van der Waals surface area contributed by atoms with Crippen molar-refractivity contribution in [2.24, 2.45) is 0 Å². The topological polar surface area (TPSA) is 76.7 Å². The van der Waals surface area contributed by atoms with Crippen LogP contribution in [-0.2, 0) is 4.79 Å². The Balaban J connectivity index is 2.14. The van der Waals surface area contributed by atoms with E-state index in [1.54, 1.807) is 24.4 Å². The number of carbonyl (C=O) groups excluding carboxylic acids is 2. The number of methoxy groups -OCH3 is 1. The van der Waals surface area contributed by atoms with Gasteiger partial charge in [-0.05, 0) is 55.3 Å². The molecule has 0 spiro atoms. The highest BCUT2D eigenvalue weighted by Gasteiger charge is 2.28. The van der Waals surface area contributed by atoms with Crippen molar-refractivity contribution in [1.82, 2.24) is 5.32 Å². The molecule has 0 unspecified atom stereocenters. The van der Waals surface area contributed by atoms with Crippen LogP contribution in [0.1, 0.15) is 28.4 Å². The normalized spacial score (nSPS) is 11.3. The van der Waals surface area contributed by atoms with Gasteiger partial charge >= 0.3 is 6.18 Å². The summed E-state index contributed by atoms with van der Waals surface area (Å²) in [7, 11) is 1.46. The van der Waals surface area contributed by atoms with Crippen molar-refractivity contribution >= 4 is 35.2 Å². The average molecular weight is 471 g/mol. The van der Waals surface area contributed by atoms with Crippen LogP contribution < -0.4 is 20.1 Å². The minimum absolute atomic E-state index is 0.0116. The van der Waals surface area contributed by atoms with Gasteiger partial charge in [0, 0.05) is 17.3 Å². The molecule has 32 heavy (non-hydrogen) atoms. The van der Waals surface area contributed by atoms with Gasteiger partial charge in [0.1, 0.15) is 6.54 Å². The number of hydrogen-bond donors (Lipinski definition) is 2. The fourth-order valence-electron chi connectivity index (χ4n) is 2.67. The Morgan fingerprint density at radius 2 is 1.91 bits per heavy atom. The van der Waals surface area contributed by atoms with Crippen molar-refractivity contribution in [3.63, 3.8) is 0 Å². The number of carbonyl (C=O) groups is 2. The minimum atomic E-state index is -4.52. The van der Waals surface area contributed by atoms with E-state index in [-0.39, 0.29) is 5.56 Å². The number of benzene rings is 2. The molecule has 0 atom stereocenters. The summed E-state index contributed by atoms with van der Waals surface area (Å²) >= 11 is 6.19. The second kappa shape index (κ2) is 10.9. The molecule has 172 valence electrons. The van der Waals surface area contributed by atoms with Crippen molar-refractivity contribution in [2.45, 2.75) is 20.0 Å². The summed E-state index contributed by atoms with van der Waals surface area (Å²) in [6, 6.07) is 7.48. The molecule has 2 N–H and O–H groups in total. The van der Waals surface area contributed by atoms with Crippen molar-refractivity contribution in [3.8, 4) is 11.5 Å². The summed E-state index contributed by atoms with van der Waals surface area (Å²) in [5.74, 6) is -0.599. The van der Waals surface area contributed by atoms with Crippen LogP contribution in [0.25, 0.3) is 6.08 Å². The first-order valence-corrected chi connectivity index (χ1v) is 9.86. The SMILES string of the molecule is CCOc1cc(/C=C/C(=O)Nc2cc(C(=O)NCC(F)(F)F)ccc2C)cc(Cl)c1OC. The maximum Gasteiger partial charge on any atom is 0.405 e. The summed E-state index contributed by atoms with van der Waals surface area (Å²) in [4.78, 5) is 24.3. The molecule has 0 aliphatic rings. The Labute approximate surface area is 188 Å². The van der Waals surface area contributed by atoms with Gasteiger partial charge in [-0.15, -0.1) is 0 Å². The third kappa shape index (κ3) is 7.19. The van der Waals surface area contributed by atoms with E-state index >= 15 is 0 Å². The maximum atomic E-state index is 12.4. The average Bonchev–Trinajstić information content (AvgIpc) is 2.71. The molecule has 0 saturated heterocycles. The van der Waals surface area contributed by atoms with Crippen LogP contribution in [0.2, 0.25) is 5.02 Å². The number of rotatable bonds is 8. The molecule has 2 amide bonds. The van der Waals surface area contributed by atoms with E-state index in [1.807, 2.05) is 6.92 Å². The standard InChI is InChI=1S/C22H22ClF3N2O4/c1-4-32-18-10-14(9-16(23)20(18)31-3)6-8-19(29)28-17-11-15(7-5-13(17)2)21(30)27-12-22(24,25)26/h5-11H,4,12H2,1-3H3,(H,27,30)(H,28,29)/b8-6+. The van der Waals surface area contributed by atoms with E-state index < -0.39 is 24.5 Å². The molecule has 0 bridgehead atoms. The van der Waals surface area contributed by atoms with Crippen molar-refractivity contribution < 1.29 is 32.2 Å². The number of ether oxygens (including phenoxy) is 2. The molecule has 6 nitrogen and oxygen atoms in total. The molecule has 2 aromatic rings. The van der Waals surface area contributed by atoms with Crippen LogP contribution in [-0.4, -0.2) is 38.3 Å². The molecule has 0 radical (unpaired) electrons. The third-order valence-corrected chi connectivity index (χ3v) is 4.45. The lowest BCUT2D eigenvalue weighted by molar-refractivity contribution is -0.123. The van der Waals surface area contributed by atoms with E-state index in [0.717, 1.165) is 0 Å². The van der Waals surface area contributed by atoms with E-state index in [2.05, 4.69) is 5.32 Å². The van der Waals surface area contributed by atoms with Gasteiger partial charge in [0.05, 0.1) is 18.7 Å². The number of aryl methyl sites for hydroxylation is 1. The highest BCUT2D eigenvalue weighted by atomic mass is 35.5. The molecule has 2 rings (SSSR count). The van der Waals surface area contributed by atoms with E-state index in [0.29, 0.717) is 39.9 Å².